The minimum absolute atomic E-state index is 0.0652. The van der Waals surface area contributed by atoms with Gasteiger partial charge >= 0.3 is 6.18 Å². The molecule has 110 valence electrons. The molecule has 0 aliphatic rings. The van der Waals surface area contributed by atoms with Gasteiger partial charge in [0.25, 0.3) is 0 Å². The van der Waals surface area contributed by atoms with E-state index in [2.05, 4.69) is 31.2 Å². The van der Waals surface area contributed by atoms with Crippen LogP contribution in [-0.4, -0.2) is 22.5 Å². The van der Waals surface area contributed by atoms with Gasteiger partial charge in [0.2, 0.25) is 0 Å². The van der Waals surface area contributed by atoms with E-state index >= 15 is 0 Å². The maximum atomic E-state index is 12.0. The van der Waals surface area contributed by atoms with Gasteiger partial charge in [0.1, 0.15) is 0 Å². The fraction of sp³-hybridized carbons (Fsp3) is 0.769. The third kappa shape index (κ3) is 5.63. The summed E-state index contributed by atoms with van der Waals surface area (Å²) < 4.78 is 37.7. The van der Waals surface area contributed by atoms with Crippen LogP contribution < -0.4 is 5.32 Å². The third-order valence-electron chi connectivity index (χ3n) is 2.74. The van der Waals surface area contributed by atoms with Crippen molar-refractivity contribution in [1.82, 2.24) is 15.1 Å². The molecule has 0 aliphatic carbocycles. The predicted octanol–water partition coefficient (Wildman–Crippen LogP) is 3.15. The van der Waals surface area contributed by atoms with E-state index < -0.39 is 12.6 Å². The van der Waals surface area contributed by atoms with Gasteiger partial charge < -0.3 is 5.32 Å². The van der Waals surface area contributed by atoms with Crippen molar-refractivity contribution in [2.24, 2.45) is 7.05 Å². The van der Waals surface area contributed by atoms with E-state index in [1.54, 1.807) is 4.68 Å². The van der Waals surface area contributed by atoms with Crippen LogP contribution in [0.25, 0.3) is 0 Å². The van der Waals surface area contributed by atoms with E-state index in [4.69, 9.17) is 0 Å². The Morgan fingerprint density at radius 3 is 2.42 bits per heavy atom. The van der Waals surface area contributed by atoms with Gasteiger partial charge in [-0.1, -0.05) is 20.8 Å². The number of rotatable bonds is 5. The SMILES string of the molecule is Cn1cc(CNCCCC(F)(F)F)c(C(C)(C)C)n1. The quantitative estimate of drug-likeness (QED) is 0.838. The predicted molar refractivity (Wildman–Crippen MR) is 68.9 cm³/mol. The number of aryl methyl sites for hydroxylation is 1. The Balaban J connectivity index is 2.46. The van der Waals surface area contributed by atoms with Gasteiger partial charge in [-0.25, -0.2) is 0 Å². The first-order valence-corrected chi connectivity index (χ1v) is 6.40. The molecule has 19 heavy (non-hydrogen) atoms. The molecule has 3 nitrogen and oxygen atoms in total. The van der Waals surface area contributed by atoms with E-state index in [-0.39, 0.29) is 11.8 Å². The molecular weight excluding hydrogens is 255 g/mol. The number of hydrogen-bond donors (Lipinski definition) is 1. The largest absolute Gasteiger partial charge is 0.389 e. The zero-order valence-corrected chi connectivity index (χ0v) is 11.9. The number of halogens is 3. The minimum atomic E-state index is -4.06. The van der Waals surface area contributed by atoms with Crippen LogP contribution in [0.1, 0.15) is 44.9 Å². The minimum Gasteiger partial charge on any atom is -0.313 e. The van der Waals surface area contributed by atoms with Gasteiger partial charge in [-0.05, 0) is 13.0 Å². The second-order valence-electron chi connectivity index (χ2n) is 5.82. The van der Waals surface area contributed by atoms with Crippen molar-refractivity contribution in [3.05, 3.63) is 17.5 Å². The molecule has 0 spiro atoms. The summed E-state index contributed by atoms with van der Waals surface area (Å²) in [6.07, 6.45) is -2.78. The first kappa shape index (κ1) is 16.0. The smallest absolute Gasteiger partial charge is 0.313 e. The second kappa shape index (κ2) is 5.94. The summed E-state index contributed by atoms with van der Waals surface area (Å²) in [6.45, 7) is 7.13. The van der Waals surface area contributed by atoms with E-state index in [1.165, 1.54) is 0 Å². The molecule has 0 aliphatic heterocycles. The Morgan fingerprint density at radius 1 is 1.26 bits per heavy atom. The summed E-state index contributed by atoms with van der Waals surface area (Å²) in [6, 6.07) is 0. The van der Waals surface area contributed by atoms with E-state index in [0.717, 1.165) is 11.3 Å². The number of alkyl halides is 3. The zero-order valence-electron chi connectivity index (χ0n) is 11.9. The fourth-order valence-electron chi connectivity index (χ4n) is 1.94. The molecule has 1 aromatic heterocycles. The Morgan fingerprint density at radius 2 is 1.89 bits per heavy atom. The molecule has 0 saturated heterocycles. The monoisotopic (exact) mass is 277 g/mol. The topological polar surface area (TPSA) is 29.9 Å². The molecule has 1 rings (SSSR count). The highest BCUT2D eigenvalue weighted by Gasteiger charge is 2.26. The average Bonchev–Trinajstić information content (AvgIpc) is 2.57. The van der Waals surface area contributed by atoms with Crippen molar-refractivity contribution in [2.45, 2.75) is 51.7 Å². The van der Waals surface area contributed by atoms with Crippen LogP contribution in [0, 0.1) is 0 Å². The summed E-state index contributed by atoms with van der Waals surface area (Å²) in [5.74, 6) is 0. The van der Waals surface area contributed by atoms with Gasteiger partial charge in [0.05, 0.1) is 5.69 Å². The lowest BCUT2D eigenvalue weighted by Crippen LogP contribution is -2.21. The number of nitrogens with zero attached hydrogens (tertiary/aromatic N) is 2. The van der Waals surface area contributed by atoms with E-state index in [0.29, 0.717) is 13.1 Å². The summed E-state index contributed by atoms with van der Waals surface area (Å²) in [5.41, 5.74) is 1.96. The second-order valence-corrected chi connectivity index (χ2v) is 5.82. The maximum absolute atomic E-state index is 12.0. The van der Waals surface area contributed by atoms with Crippen molar-refractivity contribution in [2.75, 3.05) is 6.54 Å². The molecule has 6 heteroatoms. The molecule has 0 saturated carbocycles. The maximum Gasteiger partial charge on any atom is 0.389 e. The standard InChI is InChI=1S/C13H22F3N3/c1-12(2,3)11-10(9-19(4)18-11)8-17-7-5-6-13(14,15)16/h9,17H,5-8H2,1-4H3. The Kier molecular flexibility index (Phi) is 5.01. The summed E-state index contributed by atoms with van der Waals surface area (Å²) in [5, 5.41) is 7.46. The Bertz CT molecular complexity index is 402. The number of hydrogen-bond acceptors (Lipinski definition) is 2. The molecule has 0 fully saturated rings. The van der Waals surface area contributed by atoms with Crippen molar-refractivity contribution < 1.29 is 13.2 Å². The van der Waals surface area contributed by atoms with Crippen LogP contribution in [0.15, 0.2) is 6.20 Å². The zero-order chi connectivity index (χ0) is 14.7. The summed E-state index contributed by atoms with van der Waals surface area (Å²) >= 11 is 0. The molecular formula is C13H22F3N3. The van der Waals surface area contributed by atoms with Crippen LogP contribution >= 0.6 is 0 Å². The highest BCUT2D eigenvalue weighted by atomic mass is 19.4. The highest BCUT2D eigenvalue weighted by Crippen LogP contribution is 2.24. The van der Waals surface area contributed by atoms with E-state index in [1.807, 2.05) is 13.2 Å². The molecule has 0 amide bonds. The Hall–Kier alpha value is -1.04. The average molecular weight is 277 g/mol. The molecule has 0 radical (unpaired) electrons. The molecule has 0 unspecified atom stereocenters. The molecule has 0 aromatic carbocycles. The van der Waals surface area contributed by atoms with Crippen LogP contribution in [0.3, 0.4) is 0 Å². The summed E-state index contributed by atoms with van der Waals surface area (Å²) in [4.78, 5) is 0. The van der Waals surface area contributed by atoms with Crippen LogP contribution in [0.4, 0.5) is 13.2 Å². The van der Waals surface area contributed by atoms with Gasteiger partial charge in [0, 0.05) is 37.2 Å². The lowest BCUT2D eigenvalue weighted by Gasteiger charge is -2.17. The van der Waals surface area contributed by atoms with Crippen molar-refractivity contribution in [1.29, 1.82) is 0 Å². The number of nitrogens with one attached hydrogen (secondary N) is 1. The van der Waals surface area contributed by atoms with Crippen LogP contribution in [0.5, 0.6) is 0 Å². The highest BCUT2D eigenvalue weighted by molar-refractivity contribution is 5.23. The fourth-order valence-corrected chi connectivity index (χ4v) is 1.94. The number of aromatic nitrogens is 2. The summed E-state index contributed by atoms with van der Waals surface area (Å²) in [7, 11) is 1.85. The lowest BCUT2D eigenvalue weighted by molar-refractivity contribution is -0.135. The Labute approximate surface area is 112 Å². The molecule has 0 bridgehead atoms. The normalized spacial score (nSPS) is 13.0. The molecule has 0 atom stereocenters. The molecule has 1 heterocycles. The van der Waals surface area contributed by atoms with Crippen molar-refractivity contribution in [3.8, 4) is 0 Å². The van der Waals surface area contributed by atoms with Crippen LogP contribution in [0.2, 0.25) is 0 Å². The molecule has 1 aromatic rings. The van der Waals surface area contributed by atoms with Gasteiger partial charge in [0.15, 0.2) is 0 Å². The lowest BCUT2D eigenvalue weighted by atomic mass is 9.89. The van der Waals surface area contributed by atoms with Crippen LogP contribution in [-0.2, 0) is 19.0 Å². The van der Waals surface area contributed by atoms with Gasteiger partial charge in [-0.2, -0.15) is 18.3 Å². The first-order valence-electron chi connectivity index (χ1n) is 6.40. The van der Waals surface area contributed by atoms with Gasteiger partial charge in [-0.3, -0.25) is 4.68 Å². The van der Waals surface area contributed by atoms with Crippen molar-refractivity contribution >= 4 is 0 Å². The third-order valence-corrected chi connectivity index (χ3v) is 2.74. The first-order chi connectivity index (χ1) is 8.59. The van der Waals surface area contributed by atoms with Crippen molar-refractivity contribution in [3.63, 3.8) is 0 Å². The molecule has 1 N–H and O–H groups in total. The van der Waals surface area contributed by atoms with Gasteiger partial charge in [-0.15, -0.1) is 0 Å². The van der Waals surface area contributed by atoms with E-state index in [9.17, 15) is 13.2 Å².